The Morgan fingerprint density at radius 1 is 1.53 bits per heavy atom. The van der Waals surface area contributed by atoms with E-state index >= 15 is 0 Å². The Kier molecular flexibility index (Phi) is 6.14. The minimum Gasteiger partial charge on any atom is -0.383 e. The quantitative estimate of drug-likeness (QED) is 0.602. The van der Waals surface area contributed by atoms with Gasteiger partial charge in [0.2, 0.25) is 5.91 Å². The van der Waals surface area contributed by atoms with E-state index < -0.39 is 10.2 Å². The van der Waals surface area contributed by atoms with Crippen LogP contribution in [-0.4, -0.2) is 83.7 Å². The van der Waals surface area contributed by atoms with Crippen molar-refractivity contribution in [3.63, 3.8) is 0 Å². The molecule has 0 saturated carbocycles. The Morgan fingerprint density at radius 3 is 2.79 bits per heavy atom. The number of amides is 1. The lowest BCUT2D eigenvalue weighted by Gasteiger charge is -2.32. The Hall–Kier alpha value is -0.740. The fourth-order valence-electron chi connectivity index (χ4n) is 1.55. The maximum absolute atomic E-state index is 11.6. The van der Waals surface area contributed by atoms with Crippen molar-refractivity contribution in [1.29, 1.82) is 0 Å². The highest BCUT2D eigenvalue weighted by molar-refractivity contribution is 7.87. The Morgan fingerprint density at radius 2 is 2.21 bits per heavy atom. The van der Waals surface area contributed by atoms with E-state index in [2.05, 4.69) is 4.72 Å². The molecule has 1 amide bonds. The van der Waals surface area contributed by atoms with Crippen LogP contribution in [0.4, 0.5) is 0 Å². The van der Waals surface area contributed by atoms with Gasteiger partial charge in [0.25, 0.3) is 10.2 Å². The molecule has 1 heterocycles. The van der Waals surface area contributed by atoms with Gasteiger partial charge in [-0.2, -0.15) is 17.4 Å². The van der Waals surface area contributed by atoms with Crippen molar-refractivity contribution < 1.29 is 22.7 Å². The third-order valence-corrected chi connectivity index (χ3v) is 4.25. The SMILES string of the molecule is COCCN1CC(CNS(=O)(=O)N(C)C)OCC1=O. The summed E-state index contributed by atoms with van der Waals surface area (Å²) in [6, 6.07) is 0. The van der Waals surface area contributed by atoms with Gasteiger partial charge in [-0.15, -0.1) is 0 Å². The van der Waals surface area contributed by atoms with Gasteiger partial charge in [-0.1, -0.05) is 0 Å². The fraction of sp³-hybridized carbons (Fsp3) is 0.900. The van der Waals surface area contributed by atoms with Crippen molar-refractivity contribution in [2.75, 3.05) is 54.1 Å². The van der Waals surface area contributed by atoms with Crippen LogP contribution in [0.5, 0.6) is 0 Å². The van der Waals surface area contributed by atoms with Crippen molar-refractivity contribution in [3.05, 3.63) is 0 Å². The molecule has 0 aromatic carbocycles. The van der Waals surface area contributed by atoms with Gasteiger partial charge >= 0.3 is 0 Å². The smallest absolute Gasteiger partial charge is 0.279 e. The molecule has 1 unspecified atom stereocenters. The van der Waals surface area contributed by atoms with Crippen LogP contribution in [0.25, 0.3) is 0 Å². The summed E-state index contributed by atoms with van der Waals surface area (Å²) in [5.41, 5.74) is 0. The summed E-state index contributed by atoms with van der Waals surface area (Å²) >= 11 is 0. The summed E-state index contributed by atoms with van der Waals surface area (Å²) in [7, 11) is 0.979. The molecule has 0 radical (unpaired) electrons. The zero-order chi connectivity index (χ0) is 14.5. The molecule has 19 heavy (non-hydrogen) atoms. The van der Waals surface area contributed by atoms with E-state index in [-0.39, 0.29) is 25.2 Å². The first-order valence-corrected chi connectivity index (χ1v) is 7.36. The van der Waals surface area contributed by atoms with Crippen LogP contribution in [0, 0.1) is 0 Å². The van der Waals surface area contributed by atoms with E-state index in [9.17, 15) is 13.2 Å². The lowest BCUT2D eigenvalue weighted by molar-refractivity contribution is -0.149. The van der Waals surface area contributed by atoms with Crippen LogP contribution in [-0.2, 0) is 24.5 Å². The largest absolute Gasteiger partial charge is 0.383 e. The standard InChI is InChI=1S/C10H21N3O5S/c1-12(2)19(15,16)11-6-9-7-13(4-5-17-3)10(14)8-18-9/h9,11H,4-8H2,1-3H3. The van der Waals surface area contributed by atoms with Gasteiger partial charge in [0.1, 0.15) is 6.61 Å². The molecule has 0 aromatic heterocycles. The van der Waals surface area contributed by atoms with E-state index in [1.54, 1.807) is 12.0 Å². The van der Waals surface area contributed by atoms with Gasteiger partial charge in [-0.3, -0.25) is 4.79 Å². The van der Waals surface area contributed by atoms with Gasteiger partial charge in [-0.25, -0.2) is 0 Å². The molecule has 1 atom stereocenters. The topological polar surface area (TPSA) is 88.2 Å². The zero-order valence-electron chi connectivity index (χ0n) is 11.5. The van der Waals surface area contributed by atoms with Crippen molar-refractivity contribution in [1.82, 2.24) is 13.9 Å². The van der Waals surface area contributed by atoms with Crippen LogP contribution in [0.3, 0.4) is 0 Å². The molecule has 1 aliphatic rings. The van der Waals surface area contributed by atoms with E-state index in [4.69, 9.17) is 9.47 Å². The molecule has 0 aliphatic carbocycles. The number of hydrogen-bond acceptors (Lipinski definition) is 5. The predicted molar refractivity (Wildman–Crippen MR) is 68.8 cm³/mol. The molecule has 1 saturated heterocycles. The van der Waals surface area contributed by atoms with E-state index in [0.717, 1.165) is 4.31 Å². The molecule has 0 bridgehead atoms. The summed E-state index contributed by atoms with van der Waals surface area (Å²) in [4.78, 5) is 13.2. The van der Waals surface area contributed by atoms with Crippen molar-refractivity contribution in [2.24, 2.45) is 0 Å². The molecule has 8 nitrogen and oxygen atoms in total. The van der Waals surface area contributed by atoms with Crippen LogP contribution in [0.2, 0.25) is 0 Å². The summed E-state index contributed by atoms with van der Waals surface area (Å²) in [5, 5.41) is 0. The van der Waals surface area contributed by atoms with Crippen molar-refractivity contribution in [2.45, 2.75) is 6.10 Å². The lowest BCUT2D eigenvalue weighted by atomic mass is 10.2. The third-order valence-electron chi connectivity index (χ3n) is 2.76. The molecule has 0 aromatic rings. The number of morpholine rings is 1. The van der Waals surface area contributed by atoms with Gasteiger partial charge in [-0.05, 0) is 0 Å². The number of nitrogens with zero attached hydrogens (tertiary/aromatic N) is 2. The first kappa shape index (κ1) is 16.3. The number of nitrogens with one attached hydrogen (secondary N) is 1. The Labute approximate surface area is 113 Å². The molecule has 1 fully saturated rings. The molecular weight excluding hydrogens is 274 g/mol. The monoisotopic (exact) mass is 295 g/mol. The maximum Gasteiger partial charge on any atom is 0.279 e. The highest BCUT2D eigenvalue weighted by Gasteiger charge is 2.27. The zero-order valence-corrected chi connectivity index (χ0v) is 12.3. The average Bonchev–Trinajstić information content (AvgIpc) is 2.36. The maximum atomic E-state index is 11.6. The molecule has 0 spiro atoms. The van der Waals surface area contributed by atoms with Gasteiger partial charge < -0.3 is 14.4 Å². The second-order valence-corrected chi connectivity index (χ2v) is 6.37. The Balaban J connectivity index is 2.45. The second-order valence-electron chi connectivity index (χ2n) is 4.40. The van der Waals surface area contributed by atoms with Crippen molar-refractivity contribution >= 4 is 16.1 Å². The highest BCUT2D eigenvalue weighted by atomic mass is 32.2. The summed E-state index contributed by atoms with van der Waals surface area (Å²) in [6.07, 6.45) is -0.343. The lowest BCUT2D eigenvalue weighted by Crippen LogP contribution is -2.52. The molecule has 9 heteroatoms. The van der Waals surface area contributed by atoms with Crippen molar-refractivity contribution in [3.8, 4) is 0 Å². The Bertz CT molecular complexity index is 398. The van der Waals surface area contributed by atoms with E-state index in [1.165, 1.54) is 14.1 Å². The molecule has 1 aliphatic heterocycles. The van der Waals surface area contributed by atoms with Crippen LogP contribution in [0.15, 0.2) is 0 Å². The van der Waals surface area contributed by atoms with E-state index in [1.807, 2.05) is 0 Å². The number of hydrogen-bond donors (Lipinski definition) is 1. The molecule has 1 rings (SSSR count). The minimum atomic E-state index is -3.47. The highest BCUT2D eigenvalue weighted by Crippen LogP contribution is 2.06. The van der Waals surface area contributed by atoms with Gasteiger partial charge in [0, 0.05) is 40.8 Å². The summed E-state index contributed by atoms with van der Waals surface area (Å²) in [6.45, 7) is 1.39. The van der Waals surface area contributed by atoms with Crippen LogP contribution in [0.1, 0.15) is 0 Å². The molecule has 112 valence electrons. The molecular formula is C10H21N3O5S. The van der Waals surface area contributed by atoms with Crippen LogP contribution < -0.4 is 4.72 Å². The third kappa shape index (κ3) is 5.03. The first-order valence-electron chi connectivity index (χ1n) is 5.92. The van der Waals surface area contributed by atoms with Gasteiger partial charge in [0.15, 0.2) is 0 Å². The van der Waals surface area contributed by atoms with Crippen LogP contribution >= 0.6 is 0 Å². The van der Waals surface area contributed by atoms with E-state index in [0.29, 0.717) is 19.7 Å². The molecule has 1 N–H and O–H groups in total. The minimum absolute atomic E-state index is 0.0297. The number of rotatable bonds is 7. The predicted octanol–water partition coefficient (Wildman–Crippen LogP) is -1.74. The summed E-state index contributed by atoms with van der Waals surface area (Å²) in [5.74, 6) is -0.108. The fourth-order valence-corrected chi connectivity index (χ4v) is 2.20. The van der Waals surface area contributed by atoms with Gasteiger partial charge in [0.05, 0.1) is 12.7 Å². The number of methoxy groups -OCH3 is 1. The normalized spacial score (nSPS) is 21.2. The second kappa shape index (κ2) is 7.15. The average molecular weight is 295 g/mol. The number of carbonyl (C=O) groups is 1. The number of carbonyl (C=O) groups excluding carboxylic acids is 1. The number of ether oxygens (including phenoxy) is 2. The summed E-state index contributed by atoms with van der Waals surface area (Å²) < 4.78 is 36.8. The first-order chi connectivity index (χ1) is 8.86.